The van der Waals surface area contributed by atoms with Crippen molar-refractivity contribution >= 4 is 46.8 Å². The Balaban J connectivity index is 2.83. The van der Waals surface area contributed by atoms with Crippen molar-refractivity contribution in [1.82, 2.24) is 16.0 Å². The number of thioether (sulfide) groups is 1. The first-order chi connectivity index (χ1) is 13.4. The van der Waals surface area contributed by atoms with Crippen LogP contribution >= 0.6 is 23.4 Å². The first-order valence-electron chi connectivity index (χ1n) is 8.77. The number of nitro benzene ring substituents is 1. The standard InChI is InChI=1S/C18H25ClN4O5S/c1-18(2,3)22-15(24)10-20-17(26)13(7-8-29-4)21-16(25)11-5-6-12(19)14(9-11)23(27)28/h5-6,9,13H,7-8,10H2,1-4H3,(H,20,26)(H,21,25)(H,22,24). The smallest absolute Gasteiger partial charge is 0.288 e. The molecule has 0 fully saturated rings. The van der Waals surface area contributed by atoms with E-state index in [9.17, 15) is 24.5 Å². The predicted octanol–water partition coefficient (Wildman–Crippen LogP) is 2.13. The molecule has 3 N–H and O–H groups in total. The van der Waals surface area contributed by atoms with Crippen molar-refractivity contribution in [3.63, 3.8) is 0 Å². The zero-order valence-electron chi connectivity index (χ0n) is 16.7. The minimum absolute atomic E-state index is 0.00790. The van der Waals surface area contributed by atoms with E-state index < -0.39 is 34.0 Å². The van der Waals surface area contributed by atoms with E-state index in [0.717, 1.165) is 6.07 Å². The van der Waals surface area contributed by atoms with Gasteiger partial charge in [0.25, 0.3) is 11.6 Å². The van der Waals surface area contributed by atoms with E-state index in [2.05, 4.69) is 16.0 Å². The van der Waals surface area contributed by atoms with E-state index in [0.29, 0.717) is 12.2 Å². The molecule has 0 saturated carbocycles. The summed E-state index contributed by atoms with van der Waals surface area (Å²) < 4.78 is 0. The van der Waals surface area contributed by atoms with Gasteiger partial charge in [-0.15, -0.1) is 0 Å². The zero-order chi connectivity index (χ0) is 22.2. The summed E-state index contributed by atoms with van der Waals surface area (Å²) in [5.41, 5.74) is -0.825. The van der Waals surface area contributed by atoms with Gasteiger partial charge in [0.1, 0.15) is 11.1 Å². The van der Waals surface area contributed by atoms with Gasteiger partial charge in [0.15, 0.2) is 0 Å². The number of nitrogens with one attached hydrogen (secondary N) is 3. The van der Waals surface area contributed by atoms with Crippen LogP contribution in [0.5, 0.6) is 0 Å². The van der Waals surface area contributed by atoms with Crippen LogP contribution in [0.25, 0.3) is 0 Å². The molecule has 0 aliphatic rings. The molecule has 0 radical (unpaired) electrons. The number of carbonyl (C=O) groups is 3. The molecule has 0 bridgehead atoms. The maximum Gasteiger partial charge on any atom is 0.288 e. The van der Waals surface area contributed by atoms with Gasteiger partial charge in [-0.3, -0.25) is 24.5 Å². The SMILES string of the molecule is CSCCC(NC(=O)c1ccc(Cl)c([N+](=O)[O-])c1)C(=O)NCC(=O)NC(C)(C)C. The van der Waals surface area contributed by atoms with Crippen LogP contribution in [-0.4, -0.2) is 52.8 Å². The number of amides is 3. The number of nitro groups is 1. The molecule has 0 aromatic heterocycles. The second-order valence-electron chi connectivity index (χ2n) is 7.25. The molecule has 0 heterocycles. The molecule has 3 amide bonds. The van der Waals surface area contributed by atoms with Crippen molar-refractivity contribution in [2.24, 2.45) is 0 Å². The van der Waals surface area contributed by atoms with E-state index in [1.54, 1.807) is 0 Å². The molecule has 9 nitrogen and oxygen atoms in total. The summed E-state index contributed by atoms with van der Waals surface area (Å²) in [5.74, 6) is -0.924. The molecule has 1 atom stereocenters. The summed E-state index contributed by atoms with van der Waals surface area (Å²) in [5, 5.41) is 18.7. The Kier molecular flexibility index (Phi) is 9.38. The van der Waals surface area contributed by atoms with Crippen LogP contribution in [0.2, 0.25) is 5.02 Å². The average Bonchev–Trinajstić information content (AvgIpc) is 2.61. The Hall–Kier alpha value is -2.33. The summed E-state index contributed by atoms with van der Waals surface area (Å²) in [6.07, 6.45) is 2.19. The minimum Gasteiger partial charge on any atom is -0.350 e. The van der Waals surface area contributed by atoms with Gasteiger partial charge in [-0.1, -0.05) is 11.6 Å². The summed E-state index contributed by atoms with van der Waals surface area (Å²) in [6, 6.07) is 2.75. The predicted molar refractivity (Wildman–Crippen MR) is 113 cm³/mol. The number of hydrogen-bond donors (Lipinski definition) is 3. The Morgan fingerprint density at radius 2 is 1.93 bits per heavy atom. The van der Waals surface area contributed by atoms with Crippen molar-refractivity contribution in [1.29, 1.82) is 0 Å². The lowest BCUT2D eigenvalue weighted by molar-refractivity contribution is -0.384. The third-order valence-electron chi connectivity index (χ3n) is 3.58. The summed E-state index contributed by atoms with van der Waals surface area (Å²) in [7, 11) is 0. The van der Waals surface area contributed by atoms with Crippen molar-refractivity contribution in [2.45, 2.75) is 38.8 Å². The van der Waals surface area contributed by atoms with Crippen LogP contribution in [0.15, 0.2) is 18.2 Å². The van der Waals surface area contributed by atoms with E-state index in [-0.39, 0.29) is 23.0 Å². The molecule has 1 unspecified atom stereocenters. The van der Waals surface area contributed by atoms with Gasteiger partial charge in [-0.25, -0.2) is 0 Å². The maximum absolute atomic E-state index is 12.5. The minimum atomic E-state index is -0.896. The first-order valence-corrected chi connectivity index (χ1v) is 10.5. The van der Waals surface area contributed by atoms with Crippen LogP contribution in [-0.2, 0) is 9.59 Å². The molecular weight excluding hydrogens is 420 g/mol. The highest BCUT2D eigenvalue weighted by molar-refractivity contribution is 7.98. The highest BCUT2D eigenvalue weighted by Crippen LogP contribution is 2.25. The summed E-state index contributed by atoms with van der Waals surface area (Å²) >= 11 is 7.25. The third kappa shape index (κ3) is 8.70. The molecule has 1 aromatic carbocycles. The van der Waals surface area contributed by atoms with Gasteiger partial charge < -0.3 is 16.0 Å². The van der Waals surface area contributed by atoms with E-state index >= 15 is 0 Å². The lowest BCUT2D eigenvalue weighted by Gasteiger charge is -2.22. The monoisotopic (exact) mass is 444 g/mol. The van der Waals surface area contributed by atoms with Gasteiger partial charge in [-0.2, -0.15) is 11.8 Å². The van der Waals surface area contributed by atoms with E-state index in [1.807, 2.05) is 27.0 Å². The topological polar surface area (TPSA) is 130 Å². The fourth-order valence-corrected chi connectivity index (χ4v) is 2.95. The van der Waals surface area contributed by atoms with Gasteiger partial charge in [-0.05, 0) is 51.3 Å². The molecule has 0 saturated heterocycles. The van der Waals surface area contributed by atoms with Crippen molar-refractivity contribution < 1.29 is 19.3 Å². The second kappa shape index (κ2) is 11.0. The number of halogens is 1. The Bertz CT molecular complexity index is 782. The molecule has 1 aromatic rings. The second-order valence-corrected chi connectivity index (χ2v) is 8.64. The van der Waals surface area contributed by atoms with Crippen LogP contribution < -0.4 is 16.0 Å². The fraction of sp³-hybridized carbons (Fsp3) is 0.500. The van der Waals surface area contributed by atoms with Crippen LogP contribution in [0.3, 0.4) is 0 Å². The Morgan fingerprint density at radius 3 is 2.48 bits per heavy atom. The number of benzene rings is 1. The zero-order valence-corrected chi connectivity index (χ0v) is 18.3. The van der Waals surface area contributed by atoms with E-state index in [1.165, 1.54) is 23.9 Å². The summed E-state index contributed by atoms with van der Waals surface area (Å²) in [6.45, 7) is 5.23. The van der Waals surface area contributed by atoms with Crippen LogP contribution in [0.4, 0.5) is 5.69 Å². The average molecular weight is 445 g/mol. The van der Waals surface area contributed by atoms with Crippen molar-refractivity contribution in [3.8, 4) is 0 Å². The lowest BCUT2D eigenvalue weighted by atomic mass is 10.1. The van der Waals surface area contributed by atoms with Crippen molar-refractivity contribution in [3.05, 3.63) is 38.9 Å². The molecule has 160 valence electrons. The normalized spacial score (nSPS) is 12.0. The Morgan fingerprint density at radius 1 is 1.28 bits per heavy atom. The van der Waals surface area contributed by atoms with E-state index in [4.69, 9.17) is 11.6 Å². The van der Waals surface area contributed by atoms with Crippen LogP contribution in [0, 0.1) is 10.1 Å². The molecule has 0 spiro atoms. The van der Waals surface area contributed by atoms with Gasteiger partial charge in [0, 0.05) is 17.2 Å². The third-order valence-corrected chi connectivity index (χ3v) is 4.54. The number of hydrogen-bond acceptors (Lipinski definition) is 6. The maximum atomic E-state index is 12.5. The largest absolute Gasteiger partial charge is 0.350 e. The van der Waals surface area contributed by atoms with Crippen molar-refractivity contribution in [2.75, 3.05) is 18.6 Å². The highest BCUT2D eigenvalue weighted by Gasteiger charge is 2.24. The Labute approximate surface area is 178 Å². The van der Waals surface area contributed by atoms with Gasteiger partial charge in [0.05, 0.1) is 11.5 Å². The fourth-order valence-electron chi connectivity index (χ4n) is 2.29. The molecule has 0 aliphatic carbocycles. The first kappa shape index (κ1) is 24.7. The van der Waals surface area contributed by atoms with Gasteiger partial charge in [0.2, 0.25) is 11.8 Å². The summed E-state index contributed by atoms with van der Waals surface area (Å²) in [4.78, 5) is 47.2. The highest BCUT2D eigenvalue weighted by atomic mass is 35.5. The lowest BCUT2D eigenvalue weighted by Crippen LogP contribution is -2.51. The van der Waals surface area contributed by atoms with Crippen LogP contribution in [0.1, 0.15) is 37.6 Å². The molecule has 11 heteroatoms. The molecular formula is C18H25ClN4O5S. The molecule has 1 rings (SSSR count). The number of rotatable bonds is 9. The van der Waals surface area contributed by atoms with Gasteiger partial charge >= 0.3 is 0 Å². The quantitative estimate of drug-likeness (QED) is 0.395. The molecule has 29 heavy (non-hydrogen) atoms. The molecule has 0 aliphatic heterocycles. The number of carbonyl (C=O) groups excluding carboxylic acids is 3. The number of nitrogens with zero attached hydrogens (tertiary/aromatic N) is 1.